The summed E-state index contributed by atoms with van der Waals surface area (Å²) in [7, 11) is 1.73. The van der Waals surface area contributed by atoms with E-state index in [-0.39, 0.29) is 5.75 Å². The van der Waals surface area contributed by atoms with Crippen molar-refractivity contribution in [2.45, 2.75) is 25.7 Å². The van der Waals surface area contributed by atoms with E-state index < -0.39 is 9.05 Å². The largest absolute Gasteiger partial charge is 0.374 e. The van der Waals surface area contributed by atoms with Gasteiger partial charge in [0, 0.05) is 30.2 Å². The summed E-state index contributed by atoms with van der Waals surface area (Å²) in [4.78, 5) is 4.29. The molecule has 0 saturated carbocycles. The van der Waals surface area contributed by atoms with Crippen LogP contribution < -0.4 is 5.32 Å². The van der Waals surface area contributed by atoms with Crippen molar-refractivity contribution in [3.05, 3.63) is 0 Å². The van der Waals surface area contributed by atoms with E-state index in [9.17, 15) is 8.42 Å². The molecule has 0 bridgehead atoms. The number of nitrogens with one attached hydrogen (secondary N) is 1. The topological polar surface area (TPSA) is 58.5 Å². The first-order valence-corrected chi connectivity index (χ1v) is 7.25. The van der Waals surface area contributed by atoms with Crippen molar-refractivity contribution in [1.29, 1.82) is 0 Å². The number of hydrogen-bond donors (Lipinski definition) is 1. The van der Waals surface area contributed by atoms with Crippen molar-refractivity contribution in [3.63, 3.8) is 0 Å². The molecule has 0 radical (unpaired) electrons. The van der Waals surface area contributed by atoms with Gasteiger partial charge >= 0.3 is 0 Å². The number of rotatable bonds is 4. The van der Waals surface area contributed by atoms with Gasteiger partial charge in [0.05, 0.1) is 11.6 Å². The molecule has 82 valence electrons. The lowest BCUT2D eigenvalue weighted by molar-refractivity contribution is 0.606. The van der Waals surface area contributed by atoms with Crippen LogP contribution in [0.15, 0.2) is 4.99 Å². The molecule has 1 rings (SSSR count). The second-order valence-corrected chi connectivity index (χ2v) is 6.21. The van der Waals surface area contributed by atoms with Gasteiger partial charge in [-0.2, -0.15) is 0 Å². The van der Waals surface area contributed by atoms with Crippen LogP contribution in [0.5, 0.6) is 0 Å². The molecule has 6 heteroatoms. The molecule has 0 aromatic heterocycles. The molecule has 0 unspecified atom stereocenters. The molecular weight excluding hydrogens is 224 g/mol. The molecule has 0 fully saturated rings. The van der Waals surface area contributed by atoms with Crippen molar-refractivity contribution >= 4 is 25.6 Å². The summed E-state index contributed by atoms with van der Waals surface area (Å²) in [6.07, 6.45) is 3.83. The van der Waals surface area contributed by atoms with Crippen molar-refractivity contribution < 1.29 is 8.42 Å². The van der Waals surface area contributed by atoms with E-state index in [1.165, 1.54) is 6.42 Å². The SMILES string of the molecule is O=S(=O)(Cl)CCCNC1=NCCCC1. The molecule has 0 aromatic carbocycles. The van der Waals surface area contributed by atoms with Gasteiger partial charge in [0.2, 0.25) is 9.05 Å². The normalized spacial score (nSPS) is 17.6. The molecule has 1 aliphatic heterocycles. The monoisotopic (exact) mass is 238 g/mol. The maximum absolute atomic E-state index is 10.6. The molecule has 0 aromatic rings. The molecule has 14 heavy (non-hydrogen) atoms. The summed E-state index contributed by atoms with van der Waals surface area (Å²) in [6, 6.07) is 0. The Morgan fingerprint density at radius 3 is 2.79 bits per heavy atom. The third kappa shape index (κ3) is 5.44. The second-order valence-electron chi connectivity index (χ2n) is 3.31. The zero-order valence-corrected chi connectivity index (χ0v) is 9.57. The zero-order valence-electron chi connectivity index (χ0n) is 8.00. The van der Waals surface area contributed by atoms with Crippen LogP contribution in [0.4, 0.5) is 0 Å². The summed E-state index contributed by atoms with van der Waals surface area (Å²) in [5.41, 5.74) is 0. The van der Waals surface area contributed by atoms with E-state index >= 15 is 0 Å². The van der Waals surface area contributed by atoms with Gasteiger partial charge in [-0.1, -0.05) is 0 Å². The van der Waals surface area contributed by atoms with Crippen LogP contribution in [0.3, 0.4) is 0 Å². The van der Waals surface area contributed by atoms with Crippen molar-refractivity contribution in [2.24, 2.45) is 4.99 Å². The van der Waals surface area contributed by atoms with Crippen molar-refractivity contribution in [3.8, 4) is 0 Å². The van der Waals surface area contributed by atoms with E-state index in [2.05, 4.69) is 10.3 Å². The average molecular weight is 239 g/mol. The lowest BCUT2D eigenvalue weighted by Gasteiger charge is -2.13. The van der Waals surface area contributed by atoms with Gasteiger partial charge in [-0.05, 0) is 19.3 Å². The summed E-state index contributed by atoms with van der Waals surface area (Å²) < 4.78 is 21.2. The Balaban J connectivity index is 2.12. The minimum Gasteiger partial charge on any atom is -0.374 e. The standard InChI is InChI=1S/C8H15ClN2O2S/c9-14(12,13)7-3-6-11-8-4-1-2-5-10-8/h1-7H2,(H,10,11). The maximum atomic E-state index is 10.6. The summed E-state index contributed by atoms with van der Waals surface area (Å²) in [6.45, 7) is 1.51. The highest BCUT2D eigenvalue weighted by Gasteiger charge is 2.06. The first-order chi connectivity index (χ1) is 6.58. The lowest BCUT2D eigenvalue weighted by atomic mass is 10.2. The first kappa shape index (κ1) is 11.8. The molecule has 0 atom stereocenters. The summed E-state index contributed by atoms with van der Waals surface area (Å²) in [5.74, 6) is 1.03. The fraction of sp³-hybridized carbons (Fsp3) is 0.875. The number of amidine groups is 1. The number of nitrogens with zero attached hydrogens (tertiary/aromatic N) is 1. The fourth-order valence-electron chi connectivity index (χ4n) is 1.32. The Hall–Kier alpha value is -0.290. The molecule has 1 aliphatic rings. The lowest BCUT2D eigenvalue weighted by Crippen LogP contribution is -2.27. The smallest absolute Gasteiger partial charge is 0.232 e. The molecule has 0 aliphatic carbocycles. The Bertz CT molecular complexity index is 300. The van der Waals surface area contributed by atoms with Gasteiger partial charge in [0.1, 0.15) is 0 Å². The molecule has 0 saturated heterocycles. The Morgan fingerprint density at radius 2 is 2.21 bits per heavy atom. The van der Waals surface area contributed by atoms with Crippen LogP contribution in [0.1, 0.15) is 25.7 Å². The quantitative estimate of drug-likeness (QED) is 0.590. The Labute approximate surface area is 89.2 Å². The van der Waals surface area contributed by atoms with Gasteiger partial charge < -0.3 is 5.32 Å². The molecular formula is C8H15ClN2O2S. The van der Waals surface area contributed by atoms with E-state index in [0.717, 1.165) is 25.2 Å². The average Bonchev–Trinajstić information content (AvgIpc) is 2.13. The van der Waals surface area contributed by atoms with Crippen LogP contribution in [0.2, 0.25) is 0 Å². The highest BCUT2D eigenvalue weighted by molar-refractivity contribution is 8.13. The van der Waals surface area contributed by atoms with E-state index in [4.69, 9.17) is 10.7 Å². The predicted octanol–water partition coefficient (Wildman–Crippen LogP) is 1.12. The molecule has 0 spiro atoms. The van der Waals surface area contributed by atoms with E-state index in [0.29, 0.717) is 13.0 Å². The number of hydrogen-bond acceptors (Lipinski definition) is 4. The fourth-order valence-corrected chi connectivity index (χ4v) is 2.14. The van der Waals surface area contributed by atoms with Gasteiger partial charge in [-0.25, -0.2) is 8.42 Å². The van der Waals surface area contributed by atoms with E-state index in [1.807, 2.05) is 0 Å². The third-order valence-corrected chi connectivity index (χ3v) is 3.26. The predicted molar refractivity (Wildman–Crippen MR) is 58.4 cm³/mol. The molecule has 1 heterocycles. The molecule has 1 N–H and O–H groups in total. The minimum absolute atomic E-state index is 0.0227. The first-order valence-electron chi connectivity index (χ1n) is 4.77. The third-order valence-electron chi connectivity index (χ3n) is 2.02. The summed E-state index contributed by atoms with van der Waals surface area (Å²) >= 11 is 0. The van der Waals surface area contributed by atoms with Crippen molar-refractivity contribution in [2.75, 3.05) is 18.8 Å². The van der Waals surface area contributed by atoms with Crippen molar-refractivity contribution in [1.82, 2.24) is 5.32 Å². The highest BCUT2D eigenvalue weighted by atomic mass is 35.7. The van der Waals surface area contributed by atoms with Gasteiger partial charge in [0.15, 0.2) is 0 Å². The van der Waals surface area contributed by atoms with Crippen LogP contribution in [-0.4, -0.2) is 33.1 Å². The maximum Gasteiger partial charge on any atom is 0.232 e. The van der Waals surface area contributed by atoms with Crippen LogP contribution >= 0.6 is 10.7 Å². The van der Waals surface area contributed by atoms with Gasteiger partial charge in [-0.15, -0.1) is 0 Å². The Morgan fingerprint density at radius 1 is 1.43 bits per heavy atom. The number of aliphatic imine (C=N–C) groups is 1. The molecule has 4 nitrogen and oxygen atoms in total. The van der Waals surface area contributed by atoms with Crippen LogP contribution in [-0.2, 0) is 9.05 Å². The minimum atomic E-state index is -3.33. The van der Waals surface area contributed by atoms with Gasteiger partial charge in [0.25, 0.3) is 0 Å². The zero-order chi connectivity index (χ0) is 10.4. The van der Waals surface area contributed by atoms with Crippen LogP contribution in [0.25, 0.3) is 0 Å². The second kappa shape index (κ2) is 5.56. The van der Waals surface area contributed by atoms with Gasteiger partial charge in [-0.3, -0.25) is 4.99 Å². The Kier molecular flexibility index (Phi) is 4.68. The van der Waals surface area contributed by atoms with Crippen LogP contribution in [0, 0.1) is 0 Å². The summed E-state index contributed by atoms with van der Waals surface area (Å²) in [5, 5.41) is 3.12. The molecule has 0 amide bonds. The van der Waals surface area contributed by atoms with E-state index in [1.54, 1.807) is 0 Å². The highest BCUT2D eigenvalue weighted by Crippen LogP contribution is 2.04. The number of halogens is 1.